The Labute approximate surface area is 136 Å². The minimum Gasteiger partial charge on any atom is -1.00 e. The summed E-state index contributed by atoms with van der Waals surface area (Å²) in [4.78, 5) is 21.3. The van der Waals surface area contributed by atoms with E-state index in [9.17, 15) is 19.8 Å². The largest absolute Gasteiger partial charge is 2.00 e. The zero-order valence-corrected chi connectivity index (χ0v) is 12.9. The average Bonchev–Trinajstić information content (AvgIpc) is 2.15. The molecule has 0 aromatic carbocycles. The maximum absolute atomic E-state index is 11.2. The molecule has 0 aliphatic carbocycles. The molecule has 0 fully saturated rings. The van der Waals surface area contributed by atoms with Crippen LogP contribution in [0.5, 0.6) is 0 Å². The van der Waals surface area contributed by atoms with Gasteiger partial charge in [0.15, 0.2) is 0 Å². The first kappa shape index (κ1) is 22.6. The normalized spacial score (nSPS) is 11.8. The topological polar surface area (TPSA) is 110 Å². The fourth-order valence-electron chi connectivity index (χ4n) is 0.826. The summed E-state index contributed by atoms with van der Waals surface area (Å²) < 4.78 is 0. The van der Waals surface area contributed by atoms with Gasteiger partial charge in [-0.1, -0.05) is 13.8 Å². The number of carboxylic acids is 1. The van der Waals surface area contributed by atoms with Crippen molar-refractivity contribution in [3.63, 3.8) is 0 Å². The molecular formula is C9H16CaClNO5. The van der Waals surface area contributed by atoms with Gasteiger partial charge in [0.25, 0.3) is 0 Å². The summed E-state index contributed by atoms with van der Waals surface area (Å²) in [6.45, 7) is 2.60. The molecule has 0 rings (SSSR count). The first-order chi connectivity index (χ1) is 6.81. The van der Waals surface area contributed by atoms with Crippen molar-refractivity contribution in [1.29, 1.82) is 0 Å². The van der Waals surface area contributed by atoms with E-state index in [1.165, 1.54) is 13.8 Å². The van der Waals surface area contributed by atoms with Gasteiger partial charge in [-0.3, -0.25) is 4.79 Å². The van der Waals surface area contributed by atoms with E-state index in [1.807, 2.05) is 0 Å². The number of halogens is 1. The summed E-state index contributed by atoms with van der Waals surface area (Å²) >= 11 is 0. The zero-order chi connectivity index (χ0) is 12.1. The van der Waals surface area contributed by atoms with E-state index in [2.05, 4.69) is 5.32 Å². The van der Waals surface area contributed by atoms with Crippen molar-refractivity contribution in [3.8, 4) is 0 Å². The van der Waals surface area contributed by atoms with Crippen LogP contribution in [0.4, 0.5) is 0 Å². The fraction of sp³-hybridized carbons (Fsp3) is 0.778. The number of aliphatic hydroxyl groups excluding tert-OH is 2. The molecule has 0 radical (unpaired) electrons. The number of hydrogen-bond donors (Lipinski definition) is 3. The zero-order valence-electron chi connectivity index (χ0n) is 9.90. The van der Waals surface area contributed by atoms with E-state index in [-0.39, 0.29) is 69.7 Å². The Morgan fingerprint density at radius 1 is 1.41 bits per heavy atom. The summed E-state index contributed by atoms with van der Waals surface area (Å²) in [5.74, 6) is -1.97. The number of aliphatic hydroxyl groups is 2. The van der Waals surface area contributed by atoms with E-state index in [4.69, 9.17) is 5.11 Å². The number of carboxylic acid groups (broad SMARTS) is 1. The maximum atomic E-state index is 11.2. The summed E-state index contributed by atoms with van der Waals surface area (Å²) in [5, 5.41) is 30.6. The Kier molecular flexibility index (Phi) is 13.7. The van der Waals surface area contributed by atoms with Crippen molar-refractivity contribution in [2.24, 2.45) is 5.41 Å². The molecule has 3 N–H and O–H groups in total. The van der Waals surface area contributed by atoms with Gasteiger partial charge in [-0.25, -0.2) is 0 Å². The second-order valence-corrected chi connectivity index (χ2v) is 3.96. The predicted molar refractivity (Wildman–Crippen MR) is 55.3 cm³/mol. The molecule has 0 saturated carbocycles. The molecule has 0 unspecified atom stereocenters. The summed E-state index contributed by atoms with van der Waals surface area (Å²) in [5.41, 5.74) is -0.953. The van der Waals surface area contributed by atoms with Crippen molar-refractivity contribution >= 4 is 49.6 Å². The van der Waals surface area contributed by atoms with Gasteiger partial charge in [0.2, 0.25) is 5.91 Å². The number of aliphatic carboxylic acids is 1. The molecule has 0 aromatic rings. The third-order valence-corrected chi connectivity index (χ3v) is 2.02. The van der Waals surface area contributed by atoms with E-state index in [0.29, 0.717) is 0 Å². The van der Waals surface area contributed by atoms with Crippen LogP contribution in [0.1, 0.15) is 20.3 Å². The molecule has 1 amide bonds. The Hall–Kier alpha value is 0.410. The van der Waals surface area contributed by atoms with Crippen LogP contribution in [0.25, 0.3) is 0 Å². The van der Waals surface area contributed by atoms with Crippen LogP contribution in [-0.4, -0.2) is 79.1 Å². The van der Waals surface area contributed by atoms with Crippen LogP contribution in [0.2, 0.25) is 0 Å². The third kappa shape index (κ3) is 9.04. The van der Waals surface area contributed by atoms with Gasteiger partial charge in [-0.15, -0.1) is 0 Å². The summed E-state index contributed by atoms with van der Waals surface area (Å²) in [6.07, 6.45) is -1.68. The van der Waals surface area contributed by atoms with Gasteiger partial charge in [0.1, 0.15) is 6.10 Å². The van der Waals surface area contributed by atoms with Crippen molar-refractivity contribution in [2.45, 2.75) is 26.4 Å². The molecule has 8 heteroatoms. The molecule has 0 spiro atoms. The number of hydrogen-bond acceptors (Lipinski definition) is 5. The number of nitrogens with one attached hydrogen (secondary N) is 1. The molecule has 0 aromatic heterocycles. The van der Waals surface area contributed by atoms with E-state index in [0.717, 1.165) is 0 Å². The molecule has 0 aliphatic rings. The minimum atomic E-state index is -1.37. The van der Waals surface area contributed by atoms with Gasteiger partial charge in [0, 0.05) is 24.3 Å². The van der Waals surface area contributed by atoms with Gasteiger partial charge in [-0.05, 0) is 0 Å². The molecule has 1 atom stereocenters. The van der Waals surface area contributed by atoms with Crippen LogP contribution >= 0.6 is 0 Å². The Morgan fingerprint density at radius 3 is 2.24 bits per heavy atom. The van der Waals surface area contributed by atoms with Crippen molar-refractivity contribution in [1.82, 2.24) is 5.32 Å². The van der Waals surface area contributed by atoms with Crippen LogP contribution in [0.15, 0.2) is 0 Å². The summed E-state index contributed by atoms with van der Waals surface area (Å²) in [7, 11) is 0. The van der Waals surface area contributed by atoms with Crippen LogP contribution in [-0.2, 0) is 9.59 Å². The maximum Gasteiger partial charge on any atom is 2.00 e. The van der Waals surface area contributed by atoms with Gasteiger partial charge >= 0.3 is 37.7 Å². The van der Waals surface area contributed by atoms with Crippen LogP contribution in [0, 0.1) is 5.41 Å². The number of carbonyl (C=O) groups excluding carboxylic acids is 2. The monoisotopic (exact) mass is 293 g/mol. The molecule has 0 saturated heterocycles. The second kappa shape index (κ2) is 10.3. The van der Waals surface area contributed by atoms with E-state index >= 15 is 0 Å². The third-order valence-electron chi connectivity index (χ3n) is 2.02. The minimum absolute atomic E-state index is 0. The molecule has 0 bridgehead atoms. The fourth-order valence-corrected chi connectivity index (χ4v) is 0.826. The first-order valence-electron chi connectivity index (χ1n) is 4.57. The van der Waals surface area contributed by atoms with Crippen molar-refractivity contribution < 1.29 is 37.3 Å². The SMILES string of the molecule is CC(C)(CO)[C@@H](O)C(=O)NCCC(=O)[O-].[Ca+2].[Cl-]. The standard InChI is InChI=1S/C9H17NO5.Ca.ClH/c1-9(2,5-11)7(14)8(15)10-4-3-6(12)13;;/h7,11,14H,3-5H2,1-2H3,(H,10,15)(H,12,13);;1H/q;+2;/p-2/t7-;;/m0../s1. The van der Waals surface area contributed by atoms with Gasteiger partial charge in [-0.2, -0.15) is 0 Å². The van der Waals surface area contributed by atoms with Crippen molar-refractivity contribution in [3.05, 3.63) is 0 Å². The van der Waals surface area contributed by atoms with Crippen LogP contribution in [0.3, 0.4) is 0 Å². The Balaban J connectivity index is -0.000000980. The van der Waals surface area contributed by atoms with Crippen LogP contribution < -0.4 is 22.8 Å². The second-order valence-electron chi connectivity index (χ2n) is 3.96. The Morgan fingerprint density at radius 2 is 1.88 bits per heavy atom. The molecule has 17 heavy (non-hydrogen) atoms. The average molecular weight is 294 g/mol. The molecule has 96 valence electrons. The molecule has 0 aliphatic heterocycles. The summed E-state index contributed by atoms with van der Waals surface area (Å²) in [6, 6.07) is 0. The quantitative estimate of drug-likeness (QED) is 0.423. The first-order valence-corrected chi connectivity index (χ1v) is 4.57. The Bertz CT molecular complexity index is 250. The number of carbonyl (C=O) groups is 2. The smallest absolute Gasteiger partial charge is 1.00 e. The predicted octanol–water partition coefficient (Wildman–Crippen LogP) is -5.75. The number of rotatable bonds is 6. The molecular weight excluding hydrogens is 278 g/mol. The molecule has 0 heterocycles. The van der Waals surface area contributed by atoms with Gasteiger partial charge in [0.05, 0.1) is 6.61 Å². The van der Waals surface area contributed by atoms with Gasteiger partial charge < -0.3 is 37.8 Å². The van der Waals surface area contributed by atoms with E-state index in [1.54, 1.807) is 0 Å². The number of amides is 1. The molecule has 6 nitrogen and oxygen atoms in total. The van der Waals surface area contributed by atoms with Crippen molar-refractivity contribution in [2.75, 3.05) is 13.2 Å². The van der Waals surface area contributed by atoms with E-state index < -0.39 is 23.4 Å².